The molecule has 1 fully saturated rings. The van der Waals surface area contributed by atoms with Crippen molar-refractivity contribution in [3.8, 4) is 11.4 Å². The highest BCUT2D eigenvalue weighted by Gasteiger charge is 2.32. The number of rotatable bonds is 7. The van der Waals surface area contributed by atoms with E-state index in [1.54, 1.807) is 6.92 Å². The minimum Gasteiger partial charge on any atom is -0.483 e. The van der Waals surface area contributed by atoms with Gasteiger partial charge >= 0.3 is 11.9 Å². The number of hydrogen-bond acceptors (Lipinski definition) is 4. The van der Waals surface area contributed by atoms with Crippen LogP contribution >= 0.6 is 0 Å². The molecule has 1 saturated carbocycles. The van der Waals surface area contributed by atoms with E-state index in [4.69, 9.17) is 4.74 Å². The van der Waals surface area contributed by atoms with Crippen molar-refractivity contribution in [2.24, 2.45) is 0 Å². The molecule has 7 nitrogen and oxygen atoms in total. The first kappa shape index (κ1) is 23.5. The SMILES string of the molecule is CCc1nn(-c2cc(OCC(F)(F)F)c(C(=O)Nc3ccccc3F)cc2F)c(=O)n1C1CC1. The highest BCUT2D eigenvalue weighted by Crippen LogP contribution is 2.35. The molecule has 1 aromatic heterocycles. The molecular weight excluding hydrogens is 463 g/mol. The summed E-state index contributed by atoms with van der Waals surface area (Å²) in [5.74, 6) is -3.24. The fourth-order valence-corrected chi connectivity index (χ4v) is 3.43. The maximum absolute atomic E-state index is 15.1. The number of anilines is 1. The van der Waals surface area contributed by atoms with E-state index in [2.05, 4.69) is 10.4 Å². The fourth-order valence-electron chi connectivity index (χ4n) is 3.43. The average Bonchev–Trinajstić information content (AvgIpc) is 3.56. The highest BCUT2D eigenvalue weighted by atomic mass is 19.4. The van der Waals surface area contributed by atoms with Crippen LogP contribution in [0.1, 0.15) is 42.0 Å². The third kappa shape index (κ3) is 4.80. The Morgan fingerprint density at radius 2 is 1.88 bits per heavy atom. The number of para-hydroxylation sites is 1. The predicted octanol–water partition coefficient (Wildman–Crippen LogP) is 4.40. The van der Waals surface area contributed by atoms with E-state index in [9.17, 15) is 27.2 Å². The molecule has 4 rings (SSSR count). The van der Waals surface area contributed by atoms with Crippen molar-refractivity contribution < 1.29 is 31.5 Å². The van der Waals surface area contributed by atoms with Crippen LogP contribution in [0.15, 0.2) is 41.2 Å². The zero-order valence-corrected chi connectivity index (χ0v) is 17.8. The molecule has 12 heteroatoms. The average molecular weight is 482 g/mol. The van der Waals surface area contributed by atoms with Gasteiger partial charge in [0.25, 0.3) is 5.91 Å². The summed E-state index contributed by atoms with van der Waals surface area (Å²) in [4.78, 5) is 25.6. The van der Waals surface area contributed by atoms with Gasteiger partial charge in [0.05, 0.1) is 11.3 Å². The predicted molar refractivity (Wildman–Crippen MR) is 111 cm³/mol. The van der Waals surface area contributed by atoms with Gasteiger partial charge in [0.15, 0.2) is 6.61 Å². The topological polar surface area (TPSA) is 78.2 Å². The first-order chi connectivity index (χ1) is 16.1. The van der Waals surface area contributed by atoms with Crippen LogP contribution in [0.4, 0.5) is 27.6 Å². The number of halogens is 5. The Labute approximate surface area is 189 Å². The van der Waals surface area contributed by atoms with Gasteiger partial charge in [0.2, 0.25) is 0 Å². The summed E-state index contributed by atoms with van der Waals surface area (Å²) in [5.41, 5.74) is -1.99. The van der Waals surface area contributed by atoms with Crippen LogP contribution in [0.3, 0.4) is 0 Å². The Kier molecular flexibility index (Phi) is 6.15. The lowest BCUT2D eigenvalue weighted by Crippen LogP contribution is -2.25. The molecule has 3 aromatic rings. The molecule has 1 aliphatic rings. The number of ether oxygens (including phenoxy) is 1. The van der Waals surface area contributed by atoms with Crippen LogP contribution in [-0.4, -0.2) is 33.0 Å². The van der Waals surface area contributed by atoms with E-state index in [1.807, 2.05) is 0 Å². The van der Waals surface area contributed by atoms with Crippen molar-refractivity contribution in [3.05, 3.63) is 69.9 Å². The molecule has 0 radical (unpaired) electrons. The van der Waals surface area contributed by atoms with Crippen molar-refractivity contribution in [3.63, 3.8) is 0 Å². The Balaban J connectivity index is 1.78. The van der Waals surface area contributed by atoms with Crippen LogP contribution in [0, 0.1) is 11.6 Å². The molecular formula is C22H19F5N4O3. The number of aryl methyl sites for hydroxylation is 1. The van der Waals surface area contributed by atoms with Gasteiger partial charge in [-0.2, -0.15) is 17.9 Å². The standard InChI is InChI=1S/C22H19F5N4O3/c1-2-19-29-31(21(33)30(19)12-7-8-12)17-10-18(34-11-22(25,26)27)13(9-15(17)24)20(32)28-16-6-4-3-5-14(16)23/h3-6,9-10,12H,2,7-8,11H2,1H3,(H,28,32). The molecule has 0 bridgehead atoms. The van der Waals surface area contributed by atoms with E-state index in [-0.39, 0.29) is 11.7 Å². The van der Waals surface area contributed by atoms with Crippen molar-refractivity contribution in [2.45, 2.75) is 38.4 Å². The summed E-state index contributed by atoms with van der Waals surface area (Å²) < 4.78 is 74.4. The Morgan fingerprint density at radius 3 is 2.50 bits per heavy atom. The molecule has 0 saturated heterocycles. The molecule has 0 unspecified atom stereocenters. The zero-order chi connectivity index (χ0) is 24.6. The van der Waals surface area contributed by atoms with Crippen LogP contribution < -0.4 is 15.7 Å². The first-order valence-corrected chi connectivity index (χ1v) is 10.4. The van der Waals surface area contributed by atoms with Crippen LogP contribution in [-0.2, 0) is 6.42 Å². The summed E-state index contributed by atoms with van der Waals surface area (Å²) in [6, 6.07) is 6.47. The van der Waals surface area contributed by atoms with Gasteiger partial charge in [-0.1, -0.05) is 19.1 Å². The van der Waals surface area contributed by atoms with Crippen LogP contribution in [0.25, 0.3) is 5.69 Å². The smallest absolute Gasteiger partial charge is 0.422 e. The Hall–Kier alpha value is -3.70. The number of hydrogen-bond donors (Lipinski definition) is 1. The lowest BCUT2D eigenvalue weighted by atomic mass is 10.1. The molecule has 2 aromatic carbocycles. The van der Waals surface area contributed by atoms with E-state index >= 15 is 4.39 Å². The lowest BCUT2D eigenvalue weighted by molar-refractivity contribution is -0.153. The maximum Gasteiger partial charge on any atom is 0.422 e. The largest absolute Gasteiger partial charge is 0.483 e. The Bertz CT molecular complexity index is 1290. The minimum atomic E-state index is -4.76. The highest BCUT2D eigenvalue weighted by molar-refractivity contribution is 6.06. The summed E-state index contributed by atoms with van der Waals surface area (Å²) in [6.07, 6.45) is -2.86. The fraction of sp³-hybridized carbons (Fsp3) is 0.318. The molecule has 1 aliphatic carbocycles. The minimum absolute atomic E-state index is 0.0639. The molecule has 1 amide bonds. The molecule has 0 aliphatic heterocycles. The third-order valence-corrected chi connectivity index (χ3v) is 5.14. The van der Waals surface area contributed by atoms with Gasteiger partial charge in [0.1, 0.15) is 28.9 Å². The van der Waals surface area contributed by atoms with E-state index < -0.39 is 53.0 Å². The van der Waals surface area contributed by atoms with Crippen molar-refractivity contribution in [2.75, 3.05) is 11.9 Å². The number of nitrogens with one attached hydrogen (secondary N) is 1. The molecule has 180 valence electrons. The van der Waals surface area contributed by atoms with Gasteiger partial charge in [-0.05, 0) is 31.0 Å². The summed E-state index contributed by atoms with van der Waals surface area (Å²) in [6.45, 7) is -0.0148. The molecule has 0 spiro atoms. The number of carbonyl (C=O) groups is 1. The quantitative estimate of drug-likeness (QED) is 0.507. The molecule has 34 heavy (non-hydrogen) atoms. The molecule has 0 atom stereocenters. The summed E-state index contributed by atoms with van der Waals surface area (Å²) >= 11 is 0. The number of benzene rings is 2. The second-order valence-corrected chi connectivity index (χ2v) is 7.70. The molecule has 1 N–H and O–H groups in total. The van der Waals surface area contributed by atoms with E-state index in [0.29, 0.717) is 18.3 Å². The van der Waals surface area contributed by atoms with Gasteiger partial charge in [0, 0.05) is 18.5 Å². The molecule has 1 heterocycles. The summed E-state index contributed by atoms with van der Waals surface area (Å²) in [5, 5.41) is 6.30. The van der Waals surface area contributed by atoms with Crippen molar-refractivity contribution >= 4 is 11.6 Å². The lowest BCUT2D eigenvalue weighted by Gasteiger charge is -2.15. The van der Waals surface area contributed by atoms with Gasteiger partial charge in [-0.25, -0.2) is 13.6 Å². The first-order valence-electron chi connectivity index (χ1n) is 10.4. The number of amides is 1. The number of carbonyl (C=O) groups excluding carboxylic acids is 1. The normalized spacial score (nSPS) is 13.7. The monoisotopic (exact) mass is 482 g/mol. The Morgan fingerprint density at radius 1 is 1.18 bits per heavy atom. The second-order valence-electron chi connectivity index (χ2n) is 7.70. The number of nitrogens with zero attached hydrogens (tertiary/aromatic N) is 3. The second kappa shape index (κ2) is 8.92. The zero-order valence-electron chi connectivity index (χ0n) is 17.8. The third-order valence-electron chi connectivity index (χ3n) is 5.14. The van der Waals surface area contributed by atoms with E-state index in [0.717, 1.165) is 29.7 Å². The van der Waals surface area contributed by atoms with Crippen molar-refractivity contribution in [1.29, 1.82) is 0 Å². The van der Waals surface area contributed by atoms with E-state index in [1.165, 1.54) is 22.8 Å². The van der Waals surface area contributed by atoms with Crippen molar-refractivity contribution in [1.82, 2.24) is 14.3 Å². The van der Waals surface area contributed by atoms with Gasteiger partial charge < -0.3 is 10.1 Å². The number of alkyl halides is 3. The van der Waals surface area contributed by atoms with Crippen LogP contribution in [0.2, 0.25) is 0 Å². The van der Waals surface area contributed by atoms with Crippen LogP contribution in [0.5, 0.6) is 5.75 Å². The van der Waals surface area contributed by atoms with Gasteiger partial charge in [-0.3, -0.25) is 9.36 Å². The van der Waals surface area contributed by atoms with Gasteiger partial charge in [-0.15, -0.1) is 5.10 Å². The summed E-state index contributed by atoms with van der Waals surface area (Å²) in [7, 11) is 0. The number of aromatic nitrogens is 3. The maximum atomic E-state index is 15.1.